The monoisotopic (exact) mass is 536 g/mol. The smallest absolute Gasteiger partial charge is 0.439 e. The zero-order valence-corrected chi connectivity index (χ0v) is 21.7. The maximum absolute atomic E-state index is 14.7. The fraction of sp³-hybridized carbons (Fsp3) is 0.321. The second-order valence-electron chi connectivity index (χ2n) is 9.93. The molecule has 1 unspecified atom stereocenters. The van der Waals surface area contributed by atoms with Gasteiger partial charge in [-0.15, -0.1) is 0 Å². The van der Waals surface area contributed by atoms with E-state index in [-0.39, 0.29) is 0 Å². The van der Waals surface area contributed by atoms with Crippen LogP contribution >= 0.6 is 11.6 Å². The fourth-order valence-electron chi connectivity index (χ4n) is 5.30. The summed E-state index contributed by atoms with van der Waals surface area (Å²) in [4.78, 5) is 20.8. The highest BCUT2D eigenvalue weighted by molar-refractivity contribution is 6.30. The van der Waals surface area contributed by atoms with Gasteiger partial charge >= 0.3 is 5.76 Å². The van der Waals surface area contributed by atoms with Crippen molar-refractivity contribution >= 4 is 11.6 Å². The predicted octanol–water partition coefficient (Wildman–Crippen LogP) is 5.55. The molecular formula is C28H26ClFN4O4. The van der Waals surface area contributed by atoms with E-state index >= 15 is 0 Å². The Labute approximate surface area is 223 Å². The molecule has 10 heteroatoms. The minimum Gasteiger partial charge on any atom is -0.444 e. The number of ether oxygens (including phenoxy) is 2. The third kappa shape index (κ3) is 4.56. The number of halogens is 2. The summed E-state index contributed by atoms with van der Waals surface area (Å²) in [6.45, 7) is 6.26. The van der Waals surface area contributed by atoms with Gasteiger partial charge in [0.15, 0.2) is 17.3 Å². The Balaban J connectivity index is 1.14. The van der Waals surface area contributed by atoms with E-state index in [1.165, 1.54) is 6.07 Å². The van der Waals surface area contributed by atoms with Gasteiger partial charge in [-0.3, -0.25) is 19.4 Å². The number of rotatable bonds is 5. The summed E-state index contributed by atoms with van der Waals surface area (Å²) < 4.78 is 31.7. The predicted molar refractivity (Wildman–Crippen MR) is 139 cm³/mol. The fourth-order valence-corrected chi connectivity index (χ4v) is 5.46. The lowest BCUT2D eigenvalue weighted by atomic mass is 9.88. The van der Waals surface area contributed by atoms with Crippen LogP contribution in [0.15, 0.2) is 58.0 Å². The van der Waals surface area contributed by atoms with Gasteiger partial charge in [0, 0.05) is 35.8 Å². The van der Waals surface area contributed by atoms with Crippen molar-refractivity contribution < 1.29 is 18.4 Å². The van der Waals surface area contributed by atoms with Crippen LogP contribution in [0.1, 0.15) is 48.1 Å². The molecule has 1 atom stereocenters. The average molecular weight is 537 g/mol. The normalized spacial score (nSPS) is 19.7. The number of para-hydroxylation sites is 1. The zero-order valence-electron chi connectivity index (χ0n) is 21.0. The molecule has 2 aromatic carbocycles. The molecule has 4 aromatic rings. The standard InChI is InChI=1S/C28H26ClFN4O4/c1-16-12-18(26-32-27(35)38-33-26)14-31-23(16)15-34-10-8-17(9-11-34)20-4-3-5-24-25(20)37-28(2,36-24)21-7-6-19(29)13-22(21)30/h3-7,12-14,17H,8-11,15H2,1-2H3,(H,32,33,35). The number of aromatic amines is 1. The molecule has 0 bridgehead atoms. The minimum atomic E-state index is -1.26. The van der Waals surface area contributed by atoms with E-state index < -0.39 is 17.4 Å². The zero-order chi connectivity index (χ0) is 26.4. The van der Waals surface area contributed by atoms with Gasteiger partial charge in [-0.05, 0) is 74.7 Å². The first-order chi connectivity index (χ1) is 18.3. The van der Waals surface area contributed by atoms with Crippen LogP contribution in [0.5, 0.6) is 11.5 Å². The molecule has 4 heterocycles. The number of fused-ring (bicyclic) bond motifs is 1. The van der Waals surface area contributed by atoms with Gasteiger partial charge < -0.3 is 9.47 Å². The molecular weight excluding hydrogens is 511 g/mol. The number of likely N-dealkylation sites (tertiary alicyclic amines) is 1. The van der Waals surface area contributed by atoms with E-state index in [0.717, 1.165) is 49.3 Å². The Morgan fingerprint density at radius 1 is 1.18 bits per heavy atom. The molecule has 1 saturated heterocycles. The Kier molecular flexibility index (Phi) is 6.20. The van der Waals surface area contributed by atoms with Gasteiger partial charge in [-0.2, -0.15) is 0 Å². The van der Waals surface area contributed by atoms with Crippen LogP contribution in [-0.4, -0.2) is 33.1 Å². The van der Waals surface area contributed by atoms with Crippen molar-refractivity contribution in [3.8, 4) is 22.9 Å². The third-order valence-corrected chi connectivity index (χ3v) is 7.57. The maximum Gasteiger partial charge on any atom is 0.439 e. The highest BCUT2D eigenvalue weighted by Gasteiger charge is 2.42. The lowest BCUT2D eigenvalue weighted by molar-refractivity contribution is -0.0712. The SMILES string of the molecule is Cc1cc(-c2noc(=O)[nH]2)cnc1CN1CCC(c2cccc3c2OC(C)(c2ccc(Cl)cc2F)O3)CC1. The van der Waals surface area contributed by atoms with E-state index in [4.69, 9.17) is 21.1 Å². The number of benzene rings is 2. The van der Waals surface area contributed by atoms with Gasteiger partial charge in [0.1, 0.15) is 5.82 Å². The number of pyridine rings is 1. The number of piperidine rings is 1. The van der Waals surface area contributed by atoms with Crippen molar-refractivity contribution in [1.29, 1.82) is 0 Å². The van der Waals surface area contributed by atoms with Crippen molar-refractivity contribution in [2.75, 3.05) is 13.1 Å². The molecule has 1 N–H and O–H groups in total. The molecule has 0 saturated carbocycles. The first-order valence-electron chi connectivity index (χ1n) is 12.5. The van der Waals surface area contributed by atoms with E-state index in [1.54, 1.807) is 25.3 Å². The summed E-state index contributed by atoms with van der Waals surface area (Å²) in [5.41, 5.74) is 4.11. The van der Waals surface area contributed by atoms with Crippen molar-refractivity contribution in [3.63, 3.8) is 0 Å². The van der Waals surface area contributed by atoms with Crippen LogP contribution in [0.25, 0.3) is 11.4 Å². The number of aryl methyl sites for hydroxylation is 1. The first-order valence-corrected chi connectivity index (χ1v) is 12.9. The molecule has 196 valence electrons. The number of nitrogens with zero attached hydrogens (tertiary/aromatic N) is 3. The summed E-state index contributed by atoms with van der Waals surface area (Å²) >= 11 is 5.94. The van der Waals surface area contributed by atoms with Gasteiger partial charge in [0.2, 0.25) is 0 Å². The Morgan fingerprint density at radius 3 is 2.71 bits per heavy atom. The van der Waals surface area contributed by atoms with Gasteiger partial charge in [0.25, 0.3) is 5.79 Å². The average Bonchev–Trinajstić information content (AvgIpc) is 3.48. The second-order valence-corrected chi connectivity index (χ2v) is 10.4. The molecule has 2 aliphatic heterocycles. The van der Waals surface area contributed by atoms with Gasteiger partial charge in [0.05, 0.1) is 11.3 Å². The first kappa shape index (κ1) is 24.6. The van der Waals surface area contributed by atoms with E-state index in [9.17, 15) is 9.18 Å². The quantitative estimate of drug-likeness (QED) is 0.357. The van der Waals surface area contributed by atoms with Crippen LogP contribution in [0.2, 0.25) is 5.02 Å². The van der Waals surface area contributed by atoms with Crippen LogP contribution in [0, 0.1) is 12.7 Å². The molecule has 0 spiro atoms. The van der Waals surface area contributed by atoms with E-state index in [2.05, 4.69) is 30.6 Å². The molecule has 0 aliphatic carbocycles. The lowest BCUT2D eigenvalue weighted by Gasteiger charge is -2.32. The maximum atomic E-state index is 14.7. The molecule has 6 rings (SSSR count). The van der Waals surface area contributed by atoms with Crippen molar-refractivity contribution in [1.82, 2.24) is 20.0 Å². The second kappa shape index (κ2) is 9.56. The minimum absolute atomic E-state index is 0.294. The highest BCUT2D eigenvalue weighted by Crippen LogP contribution is 2.49. The summed E-state index contributed by atoms with van der Waals surface area (Å²) in [6.07, 6.45) is 3.60. The molecule has 2 aliphatic rings. The molecule has 0 radical (unpaired) electrons. The van der Waals surface area contributed by atoms with Crippen LogP contribution in [0.4, 0.5) is 4.39 Å². The van der Waals surface area contributed by atoms with Gasteiger partial charge in [-0.1, -0.05) is 28.9 Å². The Hall–Kier alpha value is -3.69. The number of nitrogens with one attached hydrogen (secondary N) is 1. The molecule has 1 fully saturated rings. The molecule has 0 amide bonds. The largest absolute Gasteiger partial charge is 0.444 e. The van der Waals surface area contributed by atoms with Crippen molar-refractivity contribution in [3.05, 3.63) is 92.4 Å². The third-order valence-electron chi connectivity index (χ3n) is 7.33. The summed E-state index contributed by atoms with van der Waals surface area (Å²) in [5.74, 6) is -0.349. The number of hydrogen-bond donors (Lipinski definition) is 1. The number of aromatic nitrogens is 3. The summed E-state index contributed by atoms with van der Waals surface area (Å²) in [5, 5.41) is 4.06. The highest BCUT2D eigenvalue weighted by atomic mass is 35.5. The summed E-state index contributed by atoms with van der Waals surface area (Å²) in [7, 11) is 0. The van der Waals surface area contributed by atoms with Gasteiger partial charge in [-0.25, -0.2) is 9.18 Å². The summed E-state index contributed by atoms with van der Waals surface area (Å²) in [6, 6.07) is 12.4. The number of H-pyrrole nitrogens is 1. The van der Waals surface area contributed by atoms with Crippen molar-refractivity contribution in [2.45, 2.75) is 44.9 Å². The van der Waals surface area contributed by atoms with Crippen LogP contribution in [-0.2, 0) is 12.3 Å². The van der Waals surface area contributed by atoms with Crippen LogP contribution in [0.3, 0.4) is 0 Å². The molecule has 2 aromatic heterocycles. The van der Waals surface area contributed by atoms with E-state index in [0.29, 0.717) is 39.4 Å². The molecule has 38 heavy (non-hydrogen) atoms. The van der Waals surface area contributed by atoms with E-state index in [1.807, 2.05) is 25.1 Å². The van der Waals surface area contributed by atoms with Crippen molar-refractivity contribution in [2.24, 2.45) is 0 Å². The molecule has 8 nitrogen and oxygen atoms in total. The van der Waals surface area contributed by atoms with Crippen LogP contribution < -0.4 is 15.2 Å². The Morgan fingerprint density at radius 2 is 2.00 bits per heavy atom. The topological polar surface area (TPSA) is 93.5 Å². The Bertz CT molecular complexity index is 1560. The number of hydrogen-bond acceptors (Lipinski definition) is 7. The lowest BCUT2D eigenvalue weighted by Crippen LogP contribution is -2.34.